The van der Waals surface area contributed by atoms with Crippen molar-refractivity contribution in [3.05, 3.63) is 70.8 Å². The van der Waals surface area contributed by atoms with Crippen LogP contribution >= 0.6 is 0 Å². The zero-order valence-corrected chi connectivity index (χ0v) is 18.5. The fraction of sp³-hybridized carbons (Fsp3) is 0.435. The quantitative estimate of drug-likeness (QED) is 0.491. The van der Waals surface area contributed by atoms with Gasteiger partial charge in [-0.15, -0.1) is 0 Å². The maximum absolute atomic E-state index is 13.6. The third-order valence-electron chi connectivity index (χ3n) is 4.48. The molecule has 1 amide bonds. The number of aliphatic hydroxyl groups is 1. The summed E-state index contributed by atoms with van der Waals surface area (Å²) in [5.41, 5.74) is -1.06. The Balaban J connectivity index is 2.07. The lowest BCUT2D eigenvalue weighted by molar-refractivity contribution is -0.137. The molecule has 3 N–H and O–H groups in total. The molecule has 10 heteroatoms. The molecular weight excluding hydrogens is 447 g/mol. The number of hydrogen-bond donors (Lipinski definition) is 3. The van der Waals surface area contributed by atoms with Crippen LogP contribution in [0.15, 0.2) is 42.5 Å². The molecule has 2 atom stereocenters. The van der Waals surface area contributed by atoms with Crippen LogP contribution in [-0.2, 0) is 23.9 Å². The van der Waals surface area contributed by atoms with Crippen LogP contribution in [0.1, 0.15) is 37.5 Å². The minimum absolute atomic E-state index is 0.0226. The number of hydrogen-bond acceptors (Lipinski definition) is 4. The lowest BCUT2D eigenvalue weighted by Crippen LogP contribution is -2.49. The highest BCUT2D eigenvalue weighted by molar-refractivity contribution is 5.68. The fourth-order valence-corrected chi connectivity index (χ4v) is 3.09. The summed E-state index contributed by atoms with van der Waals surface area (Å²) in [6.45, 7) is 4.85. The standard InChI is InChI=1S/C23H27F5N2O3/c1-22(2,3)33-21(32)30-19(10-15-8-17(24)11-18(25)9-15)20(31)13-29-12-14-5-4-6-16(7-14)23(26,27)28/h4-9,11,19-20,29,31H,10,12-13H2,1-3H3,(H,30,32)/t19-,20+/m0/s1. The van der Waals surface area contributed by atoms with Gasteiger partial charge in [-0.05, 0) is 56.5 Å². The maximum atomic E-state index is 13.6. The van der Waals surface area contributed by atoms with Crippen LogP contribution in [0.4, 0.5) is 26.7 Å². The Morgan fingerprint density at radius 2 is 1.67 bits per heavy atom. The molecule has 0 aromatic heterocycles. The van der Waals surface area contributed by atoms with Gasteiger partial charge in [0.25, 0.3) is 0 Å². The summed E-state index contributed by atoms with van der Waals surface area (Å²) >= 11 is 0. The summed E-state index contributed by atoms with van der Waals surface area (Å²) in [7, 11) is 0. The van der Waals surface area contributed by atoms with Crippen LogP contribution in [0.2, 0.25) is 0 Å². The molecular formula is C23H27F5N2O3. The summed E-state index contributed by atoms with van der Waals surface area (Å²) in [4.78, 5) is 12.2. The van der Waals surface area contributed by atoms with Crippen molar-refractivity contribution in [3.63, 3.8) is 0 Å². The molecule has 2 aromatic carbocycles. The Bertz CT molecular complexity index is 924. The van der Waals surface area contributed by atoms with Crippen molar-refractivity contribution in [1.29, 1.82) is 0 Å². The van der Waals surface area contributed by atoms with Gasteiger partial charge in [-0.25, -0.2) is 13.6 Å². The van der Waals surface area contributed by atoms with E-state index in [9.17, 15) is 31.9 Å². The lowest BCUT2D eigenvalue weighted by Gasteiger charge is -2.27. The third-order valence-corrected chi connectivity index (χ3v) is 4.48. The van der Waals surface area contributed by atoms with Gasteiger partial charge in [0.2, 0.25) is 0 Å². The van der Waals surface area contributed by atoms with Crippen molar-refractivity contribution in [1.82, 2.24) is 10.6 Å². The molecule has 0 saturated carbocycles. The maximum Gasteiger partial charge on any atom is 0.416 e. The summed E-state index contributed by atoms with van der Waals surface area (Å²) in [5, 5.41) is 15.9. The number of carbonyl (C=O) groups is 1. The van der Waals surface area contributed by atoms with Crippen molar-refractivity contribution in [2.24, 2.45) is 0 Å². The lowest BCUT2D eigenvalue weighted by atomic mass is 10.0. The monoisotopic (exact) mass is 474 g/mol. The van der Waals surface area contributed by atoms with E-state index in [1.165, 1.54) is 12.1 Å². The van der Waals surface area contributed by atoms with Gasteiger partial charge in [0.15, 0.2) is 0 Å². The van der Waals surface area contributed by atoms with E-state index in [0.717, 1.165) is 24.3 Å². The molecule has 0 aliphatic heterocycles. The van der Waals surface area contributed by atoms with Gasteiger partial charge in [0.1, 0.15) is 17.2 Å². The number of rotatable bonds is 8. The molecule has 0 fully saturated rings. The number of benzene rings is 2. The van der Waals surface area contributed by atoms with E-state index in [1.54, 1.807) is 20.8 Å². The van der Waals surface area contributed by atoms with Crippen LogP contribution in [0.3, 0.4) is 0 Å². The minimum atomic E-state index is -4.47. The number of alkyl carbamates (subject to hydrolysis) is 1. The topological polar surface area (TPSA) is 70.6 Å². The van der Waals surface area contributed by atoms with E-state index in [4.69, 9.17) is 4.74 Å². The zero-order chi connectivity index (χ0) is 24.8. The van der Waals surface area contributed by atoms with Crippen LogP contribution in [0.5, 0.6) is 0 Å². The van der Waals surface area contributed by atoms with E-state index in [0.29, 0.717) is 11.6 Å². The van der Waals surface area contributed by atoms with Crippen LogP contribution in [0, 0.1) is 11.6 Å². The molecule has 0 aliphatic rings. The van der Waals surface area contributed by atoms with Gasteiger partial charge in [0, 0.05) is 19.2 Å². The second-order valence-electron chi connectivity index (χ2n) is 8.63. The Labute approximate surface area is 188 Å². The second kappa shape index (κ2) is 10.9. The van der Waals surface area contributed by atoms with Crippen LogP contribution in [-0.4, -0.2) is 35.5 Å². The van der Waals surface area contributed by atoms with Crippen molar-refractivity contribution in [2.75, 3.05) is 6.54 Å². The van der Waals surface area contributed by atoms with Gasteiger partial charge < -0.3 is 20.5 Å². The van der Waals surface area contributed by atoms with Gasteiger partial charge in [-0.2, -0.15) is 13.2 Å². The predicted octanol–water partition coefficient (Wildman–Crippen LogP) is 4.57. The van der Waals surface area contributed by atoms with Crippen LogP contribution in [0.25, 0.3) is 0 Å². The van der Waals surface area contributed by atoms with Crippen LogP contribution < -0.4 is 10.6 Å². The van der Waals surface area contributed by atoms with Gasteiger partial charge in [0.05, 0.1) is 17.7 Å². The smallest absolute Gasteiger partial charge is 0.416 e. The third kappa shape index (κ3) is 9.35. The first kappa shape index (κ1) is 26.5. The van der Waals surface area contributed by atoms with E-state index in [-0.39, 0.29) is 25.1 Å². The molecule has 0 spiro atoms. The molecule has 5 nitrogen and oxygen atoms in total. The fourth-order valence-electron chi connectivity index (χ4n) is 3.09. The number of aliphatic hydroxyl groups excluding tert-OH is 1. The summed E-state index contributed by atoms with van der Waals surface area (Å²) in [5.74, 6) is -1.61. The molecule has 0 bridgehead atoms. The van der Waals surface area contributed by atoms with Crippen molar-refractivity contribution in [2.45, 2.75) is 57.7 Å². The van der Waals surface area contributed by atoms with Gasteiger partial charge in [-0.3, -0.25) is 0 Å². The summed E-state index contributed by atoms with van der Waals surface area (Å²) in [6, 6.07) is 6.60. The molecule has 0 saturated heterocycles. The normalized spacial score (nSPS) is 14.0. The Hall–Kier alpha value is -2.72. The Morgan fingerprint density at radius 3 is 2.24 bits per heavy atom. The number of nitrogens with one attached hydrogen (secondary N) is 2. The molecule has 0 radical (unpaired) electrons. The molecule has 0 heterocycles. The van der Waals surface area contributed by atoms with E-state index in [2.05, 4.69) is 10.6 Å². The average Bonchev–Trinajstić information content (AvgIpc) is 2.64. The minimum Gasteiger partial charge on any atom is -0.444 e. The molecule has 0 unspecified atom stereocenters. The summed E-state index contributed by atoms with van der Waals surface area (Å²) in [6.07, 6.45) is -6.66. The van der Waals surface area contributed by atoms with Crippen molar-refractivity contribution < 1.29 is 36.6 Å². The molecule has 33 heavy (non-hydrogen) atoms. The van der Waals surface area contributed by atoms with Crippen molar-refractivity contribution >= 4 is 6.09 Å². The Kier molecular flexibility index (Phi) is 8.79. The van der Waals surface area contributed by atoms with Crippen molar-refractivity contribution in [3.8, 4) is 0 Å². The second-order valence-corrected chi connectivity index (χ2v) is 8.63. The number of amides is 1. The first-order valence-electron chi connectivity index (χ1n) is 10.2. The predicted molar refractivity (Wildman–Crippen MR) is 112 cm³/mol. The first-order chi connectivity index (χ1) is 15.2. The zero-order valence-electron chi connectivity index (χ0n) is 18.5. The molecule has 2 rings (SSSR count). The highest BCUT2D eigenvalue weighted by Gasteiger charge is 2.30. The highest BCUT2D eigenvalue weighted by atomic mass is 19.4. The van der Waals surface area contributed by atoms with E-state index >= 15 is 0 Å². The number of alkyl halides is 3. The number of carbonyl (C=O) groups excluding carboxylic acids is 1. The number of halogens is 5. The van der Waals surface area contributed by atoms with Gasteiger partial charge >= 0.3 is 12.3 Å². The largest absolute Gasteiger partial charge is 0.444 e. The van der Waals surface area contributed by atoms with E-state index < -0.39 is 47.2 Å². The number of ether oxygens (including phenoxy) is 1. The Morgan fingerprint density at radius 1 is 1.03 bits per heavy atom. The highest BCUT2D eigenvalue weighted by Crippen LogP contribution is 2.29. The molecule has 0 aliphatic carbocycles. The molecule has 182 valence electrons. The average molecular weight is 474 g/mol. The SMILES string of the molecule is CC(C)(C)OC(=O)N[C@@H](Cc1cc(F)cc(F)c1)[C@H](O)CNCc1cccc(C(F)(F)F)c1. The molecule has 2 aromatic rings. The first-order valence-corrected chi connectivity index (χ1v) is 10.2. The summed E-state index contributed by atoms with van der Waals surface area (Å²) < 4.78 is 70.9. The van der Waals surface area contributed by atoms with E-state index in [1.807, 2.05) is 0 Å². The van der Waals surface area contributed by atoms with Gasteiger partial charge in [-0.1, -0.05) is 18.2 Å².